The molecule has 74 heavy (non-hydrogen) atoms. The summed E-state index contributed by atoms with van der Waals surface area (Å²) in [5.74, 6) is -1.46. The van der Waals surface area contributed by atoms with Gasteiger partial charge in [-0.15, -0.1) is 0 Å². The molecule has 2 atom stereocenters. The Morgan fingerprint density at radius 3 is 1.36 bits per heavy atom. The number of benzene rings is 4. The number of nitrogens with one attached hydrogen (secondary N) is 2. The molecule has 0 bridgehead atoms. The van der Waals surface area contributed by atoms with E-state index in [2.05, 4.69) is 64.3 Å². The highest BCUT2D eigenvalue weighted by molar-refractivity contribution is 9.10. The molecule has 4 aromatic carbocycles. The summed E-state index contributed by atoms with van der Waals surface area (Å²) in [5.41, 5.74) is 8.99. The van der Waals surface area contributed by atoms with E-state index in [0.717, 1.165) is 33.4 Å². The van der Waals surface area contributed by atoms with Crippen LogP contribution < -0.4 is 29.6 Å². The molecule has 378 valence electrons. The van der Waals surface area contributed by atoms with Gasteiger partial charge in [0.15, 0.2) is 11.4 Å². The average Bonchev–Trinajstić information content (AvgIpc) is 3.37. The van der Waals surface area contributed by atoms with Crippen molar-refractivity contribution in [3.63, 3.8) is 0 Å². The molecule has 0 amide bonds. The van der Waals surface area contributed by atoms with Gasteiger partial charge >= 0.3 is 11.9 Å². The van der Waals surface area contributed by atoms with Crippen molar-refractivity contribution < 1.29 is 49.0 Å². The van der Waals surface area contributed by atoms with E-state index in [9.17, 15) is 30.3 Å². The van der Waals surface area contributed by atoms with Crippen LogP contribution in [-0.4, -0.2) is 67.6 Å². The van der Waals surface area contributed by atoms with Crippen LogP contribution in [0.25, 0.3) is 20.8 Å². The van der Waals surface area contributed by atoms with E-state index in [1.807, 2.05) is 50.2 Å². The normalized spacial score (nSPS) is 11.5. The van der Waals surface area contributed by atoms with Crippen molar-refractivity contribution in [2.45, 2.75) is 78.4 Å². The number of nitrogens with zero attached hydrogens (tertiary/aromatic N) is 6. The number of rotatable bonds is 25. The maximum atomic E-state index is 11.1. The van der Waals surface area contributed by atoms with Crippen molar-refractivity contribution >= 4 is 55.2 Å². The van der Waals surface area contributed by atoms with Crippen LogP contribution in [0.1, 0.15) is 68.5 Å². The van der Waals surface area contributed by atoms with Crippen molar-refractivity contribution in [3.05, 3.63) is 172 Å². The summed E-state index contributed by atoms with van der Waals surface area (Å²) in [5, 5.41) is 63.5. The van der Waals surface area contributed by atoms with E-state index in [-0.39, 0.29) is 87.5 Å². The number of hydrogen-bond acceptors (Lipinski definition) is 14. The second kappa shape index (κ2) is 26.7. The Hall–Kier alpha value is -7.92. The molecule has 0 aliphatic rings. The SMILES string of the molecule is [C-]#[N+]c1cc(C#N)cc(COc2nc(OCc3cccc(-c4cccc(COc5nc(OCc6cc(C#N)cc([N+]#[C-])c6)c(CNC[C@@H](O)CC(=O)O)cc5Br)c4C)c3C)c(Br)cc2CNC[C@@H](O)CC(=O)O)c1. The summed E-state index contributed by atoms with van der Waals surface area (Å²) in [7, 11) is 0. The van der Waals surface area contributed by atoms with E-state index >= 15 is 0 Å². The second-order valence-corrected chi connectivity index (χ2v) is 18.5. The van der Waals surface area contributed by atoms with Gasteiger partial charge < -0.3 is 50.0 Å². The zero-order chi connectivity index (χ0) is 53.3. The number of ether oxygens (including phenoxy) is 4. The van der Waals surface area contributed by atoms with Gasteiger partial charge in [0.2, 0.25) is 23.5 Å². The first kappa shape index (κ1) is 55.4. The number of aliphatic hydroxyl groups excluding tert-OH is 2. The number of pyridine rings is 2. The molecule has 0 fully saturated rings. The third-order valence-electron chi connectivity index (χ3n) is 11.3. The highest BCUT2D eigenvalue weighted by Gasteiger charge is 2.20. The minimum absolute atomic E-state index is 0.00726. The molecule has 0 saturated heterocycles. The summed E-state index contributed by atoms with van der Waals surface area (Å²) in [6.07, 6.45) is -3.11. The van der Waals surface area contributed by atoms with Gasteiger partial charge in [0.05, 0.1) is 59.3 Å². The lowest BCUT2D eigenvalue weighted by Gasteiger charge is -2.18. The van der Waals surface area contributed by atoms with Gasteiger partial charge in [0.25, 0.3) is 0 Å². The summed E-state index contributed by atoms with van der Waals surface area (Å²) >= 11 is 7.16. The Bertz CT molecular complexity index is 2940. The van der Waals surface area contributed by atoms with Gasteiger partial charge in [0.1, 0.15) is 26.4 Å². The third kappa shape index (κ3) is 15.5. The minimum atomic E-state index is -1.13. The maximum Gasteiger partial charge on any atom is 0.306 e. The molecular weight excluding hydrogens is 1080 g/mol. The number of carbonyl (C=O) groups is 2. The molecule has 0 unspecified atom stereocenters. The van der Waals surface area contributed by atoms with E-state index < -0.39 is 37.0 Å². The molecule has 6 aromatic rings. The molecule has 6 rings (SSSR count). The van der Waals surface area contributed by atoms with Crippen LogP contribution in [0.3, 0.4) is 0 Å². The predicted molar refractivity (Wildman–Crippen MR) is 277 cm³/mol. The lowest BCUT2D eigenvalue weighted by atomic mass is 9.92. The highest BCUT2D eigenvalue weighted by Crippen LogP contribution is 2.35. The van der Waals surface area contributed by atoms with Crippen LogP contribution in [0, 0.1) is 49.7 Å². The number of aliphatic carboxylic acids is 2. The minimum Gasteiger partial charge on any atom is -0.481 e. The van der Waals surface area contributed by atoms with E-state index in [4.69, 9.17) is 52.3 Å². The molecule has 2 heterocycles. The van der Waals surface area contributed by atoms with Crippen molar-refractivity contribution in [2.75, 3.05) is 13.1 Å². The number of hydrogen-bond donors (Lipinski definition) is 6. The van der Waals surface area contributed by atoms with Crippen LogP contribution in [0.5, 0.6) is 23.5 Å². The smallest absolute Gasteiger partial charge is 0.306 e. The van der Waals surface area contributed by atoms with E-state index in [1.54, 1.807) is 36.4 Å². The number of aliphatic hydroxyl groups is 2. The van der Waals surface area contributed by atoms with Crippen LogP contribution in [0.15, 0.2) is 93.9 Å². The zero-order valence-corrected chi connectivity index (χ0v) is 43.2. The molecule has 0 radical (unpaired) electrons. The molecule has 0 saturated carbocycles. The van der Waals surface area contributed by atoms with Crippen molar-refractivity contribution in [1.82, 2.24) is 20.6 Å². The lowest BCUT2D eigenvalue weighted by molar-refractivity contribution is -0.140. The first-order valence-corrected chi connectivity index (χ1v) is 24.3. The van der Waals surface area contributed by atoms with Crippen molar-refractivity contribution in [2.24, 2.45) is 0 Å². The Kier molecular flexibility index (Phi) is 20.0. The number of halogens is 2. The molecule has 6 N–H and O–H groups in total. The predicted octanol–water partition coefficient (Wildman–Crippen LogP) is 9.30. The van der Waals surface area contributed by atoms with Crippen LogP contribution in [0.2, 0.25) is 0 Å². The van der Waals surface area contributed by atoms with Crippen molar-refractivity contribution in [3.8, 4) is 46.8 Å². The largest absolute Gasteiger partial charge is 0.481 e. The summed E-state index contributed by atoms with van der Waals surface area (Å²) in [6.45, 7) is 19.3. The first-order chi connectivity index (χ1) is 35.6. The molecule has 0 spiro atoms. The van der Waals surface area contributed by atoms with Gasteiger partial charge in [-0.3, -0.25) is 9.59 Å². The molecule has 2 aromatic heterocycles. The number of nitriles is 2. The van der Waals surface area contributed by atoms with Gasteiger partial charge in [0, 0.05) is 48.4 Å². The standard InChI is InChI=1S/C54H48Br2N8O10/c1-31-37(29-73-53-47(55)17-39(23-61-25-43(65)19-49(67)68)51(63-53)71-27-35-11-33(21-57)13-41(15-35)59-3)7-5-9-45(31)46-10-6-8-38(32(46)2)30-74-54-48(56)18-40(24-62-26-44(66)20-50(69)70)52(64-54)72-28-36-12-34(22-58)14-42(16-36)60-4/h5-18,43-44,61-62,65-66H,19-20,23-30H2,1-2H3,(H,67,68)(H,69,70)/t43-,44-/m0/s1. The van der Waals surface area contributed by atoms with Gasteiger partial charge in [-0.25, -0.2) is 9.69 Å². The topological polar surface area (TPSA) is 258 Å². The Balaban J connectivity index is 1.20. The molecule has 18 nitrogen and oxygen atoms in total. The lowest BCUT2D eigenvalue weighted by Crippen LogP contribution is -2.28. The quantitative estimate of drug-likeness (QED) is 0.0292. The molecule has 20 heteroatoms. The average molecular weight is 1130 g/mol. The highest BCUT2D eigenvalue weighted by atomic mass is 79.9. The summed E-state index contributed by atoms with van der Waals surface area (Å²) in [6, 6.07) is 28.9. The van der Waals surface area contributed by atoms with Gasteiger partial charge in [-0.05, 0) is 139 Å². The van der Waals surface area contributed by atoms with Crippen LogP contribution in [0.4, 0.5) is 11.4 Å². The zero-order valence-electron chi connectivity index (χ0n) is 40.0. The fraction of sp³-hybridized carbons (Fsp3) is 0.259. The first-order valence-electron chi connectivity index (χ1n) is 22.7. The molecule has 0 aliphatic carbocycles. The van der Waals surface area contributed by atoms with Gasteiger partial charge in [-0.1, -0.05) is 36.4 Å². The maximum absolute atomic E-state index is 11.1. The number of carboxylic acid groups (broad SMARTS) is 2. The number of carboxylic acids is 2. The van der Waals surface area contributed by atoms with E-state index in [0.29, 0.717) is 42.3 Å². The van der Waals surface area contributed by atoms with Crippen LogP contribution >= 0.6 is 31.9 Å². The Morgan fingerprint density at radius 2 is 1.00 bits per heavy atom. The van der Waals surface area contributed by atoms with Crippen molar-refractivity contribution in [1.29, 1.82) is 10.5 Å². The third-order valence-corrected chi connectivity index (χ3v) is 12.4. The van der Waals surface area contributed by atoms with E-state index in [1.165, 1.54) is 12.1 Å². The van der Waals surface area contributed by atoms with Crippen LogP contribution in [-0.2, 0) is 49.1 Å². The summed E-state index contributed by atoms with van der Waals surface area (Å²) in [4.78, 5) is 38.5. The van der Waals surface area contributed by atoms with Gasteiger partial charge in [-0.2, -0.15) is 20.5 Å². The molecule has 0 aliphatic heterocycles. The second-order valence-electron chi connectivity index (χ2n) is 16.8. The fourth-order valence-electron chi connectivity index (χ4n) is 7.62. The fourth-order valence-corrected chi connectivity index (χ4v) is 8.58. The number of aromatic nitrogens is 2. The monoisotopic (exact) mass is 1130 g/mol. The summed E-state index contributed by atoms with van der Waals surface area (Å²) < 4.78 is 26.0. The molecular formula is C54H48Br2N8O10. The Morgan fingerprint density at radius 1 is 0.608 bits per heavy atom. The Labute approximate surface area is 443 Å².